The zero-order valence-corrected chi connectivity index (χ0v) is 15.2. The van der Waals surface area contributed by atoms with Gasteiger partial charge >= 0.3 is 6.03 Å². The van der Waals surface area contributed by atoms with Gasteiger partial charge in [0.05, 0.1) is 17.9 Å². The molecule has 1 N–H and O–H groups in total. The summed E-state index contributed by atoms with van der Waals surface area (Å²) >= 11 is 0. The highest BCUT2D eigenvalue weighted by molar-refractivity contribution is 5.88. The predicted octanol–water partition coefficient (Wildman–Crippen LogP) is 1.36. The molecule has 0 radical (unpaired) electrons. The standard InChI is InChI=1S/C16H23N7O3/c1-9-6-22(7-13(25-9)12-4-5-12)16(24)18-15-10(2)23(21-19-15)8-14-17-11(3)26-20-14/h9,12-13H,4-8H2,1-3H3,(H,18,24)/t9-,13-/m0/s1. The Hall–Kier alpha value is -2.49. The largest absolute Gasteiger partial charge is 0.371 e. The van der Waals surface area contributed by atoms with E-state index in [1.165, 1.54) is 12.8 Å². The number of hydrogen-bond acceptors (Lipinski definition) is 7. The molecular weight excluding hydrogens is 338 g/mol. The maximum atomic E-state index is 12.7. The number of aryl methyl sites for hydroxylation is 1. The highest BCUT2D eigenvalue weighted by atomic mass is 16.5. The van der Waals surface area contributed by atoms with Crippen LogP contribution in [-0.4, -0.2) is 61.4 Å². The second kappa shape index (κ2) is 6.67. The fraction of sp³-hybridized carbons (Fsp3) is 0.688. The first-order valence-electron chi connectivity index (χ1n) is 8.90. The number of ether oxygens (including phenoxy) is 1. The highest BCUT2D eigenvalue weighted by Gasteiger charge is 2.38. The summed E-state index contributed by atoms with van der Waals surface area (Å²) in [6.07, 6.45) is 2.56. The zero-order valence-electron chi connectivity index (χ0n) is 15.2. The van der Waals surface area contributed by atoms with Crippen molar-refractivity contribution in [3.05, 3.63) is 17.4 Å². The maximum absolute atomic E-state index is 12.7. The molecule has 10 heteroatoms. The van der Waals surface area contributed by atoms with Gasteiger partial charge in [-0.05, 0) is 32.6 Å². The minimum absolute atomic E-state index is 0.0401. The van der Waals surface area contributed by atoms with E-state index in [-0.39, 0.29) is 18.2 Å². The molecule has 3 heterocycles. The molecule has 0 aromatic carbocycles. The number of rotatable bonds is 4. The number of nitrogens with zero attached hydrogens (tertiary/aromatic N) is 6. The summed E-state index contributed by atoms with van der Waals surface area (Å²) in [4.78, 5) is 18.6. The van der Waals surface area contributed by atoms with E-state index in [4.69, 9.17) is 9.26 Å². The lowest BCUT2D eigenvalue weighted by Crippen LogP contribution is -2.51. The van der Waals surface area contributed by atoms with Crippen molar-refractivity contribution in [2.24, 2.45) is 5.92 Å². The van der Waals surface area contributed by atoms with Gasteiger partial charge in [0.25, 0.3) is 0 Å². The molecule has 0 spiro atoms. The fourth-order valence-corrected chi connectivity index (χ4v) is 3.23. The first-order chi connectivity index (χ1) is 12.5. The first-order valence-corrected chi connectivity index (χ1v) is 8.90. The van der Waals surface area contributed by atoms with Crippen molar-refractivity contribution in [2.75, 3.05) is 18.4 Å². The van der Waals surface area contributed by atoms with Crippen molar-refractivity contribution in [1.82, 2.24) is 30.0 Å². The highest BCUT2D eigenvalue weighted by Crippen LogP contribution is 2.36. The third-order valence-corrected chi connectivity index (χ3v) is 4.79. The molecule has 140 valence electrons. The Morgan fingerprint density at radius 3 is 2.81 bits per heavy atom. The number of carbonyl (C=O) groups is 1. The SMILES string of the molecule is Cc1nc(Cn2nnc(NC(=O)N3C[C@@H](C4CC4)O[C@@H](C)C3)c2C)no1. The molecule has 10 nitrogen and oxygen atoms in total. The van der Waals surface area contributed by atoms with E-state index in [9.17, 15) is 4.79 Å². The van der Waals surface area contributed by atoms with Crippen LogP contribution in [0, 0.1) is 19.8 Å². The minimum atomic E-state index is -0.170. The van der Waals surface area contributed by atoms with Crippen LogP contribution >= 0.6 is 0 Å². The number of carbonyl (C=O) groups excluding carboxylic acids is 1. The van der Waals surface area contributed by atoms with Gasteiger partial charge in [-0.2, -0.15) is 4.98 Å². The Balaban J connectivity index is 1.41. The molecule has 2 atom stereocenters. The molecule has 0 unspecified atom stereocenters. The van der Waals surface area contributed by atoms with Crippen molar-refractivity contribution in [1.29, 1.82) is 0 Å². The Kier molecular flexibility index (Phi) is 4.35. The summed E-state index contributed by atoms with van der Waals surface area (Å²) < 4.78 is 12.6. The van der Waals surface area contributed by atoms with Gasteiger partial charge in [0.1, 0.15) is 6.54 Å². The summed E-state index contributed by atoms with van der Waals surface area (Å²) in [5.74, 6) is 2.05. The number of anilines is 1. The van der Waals surface area contributed by atoms with E-state index >= 15 is 0 Å². The lowest BCUT2D eigenvalue weighted by atomic mass is 10.1. The molecule has 1 saturated heterocycles. The number of urea groups is 1. The van der Waals surface area contributed by atoms with Crippen LogP contribution in [0.5, 0.6) is 0 Å². The van der Waals surface area contributed by atoms with Crippen LogP contribution < -0.4 is 5.32 Å². The summed E-state index contributed by atoms with van der Waals surface area (Å²) in [5, 5.41) is 14.9. The molecule has 1 aliphatic carbocycles. The summed E-state index contributed by atoms with van der Waals surface area (Å²) in [5.41, 5.74) is 0.737. The molecule has 2 amide bonds. The van der Waals surface area contributed by atoms with E-state index in [0.717, 1.165) is 5.69 Å². The second-order valence-electron chi connectivity index (χ2n) is 7.07. The summed E-state index contributed by atoms with van der Waals surface area (Å²) in [6.45, 7) is 7.11. The van der Waals surface area contributed by atoms with Crippen LogP contribution in [0.25, 0.3) is 0 Å². The number of nitrogens with one attached hydrogen (secondary N) is 1. The van der Waals surface area contributed by atoms with E-state index in [0.29, 0.717) is 43.1 Å². The van der Waals surface area contributed by atoms with Crippen LogP contribution in [0.1, 0.15) is 37.2 Å². The van der Waals surface area contributed by atoms with E-state index in [1.807, 2.05) is 13.8 Å². The quantitative estimate of drug-likeness (QED) is 0.875. The van der Waals surface area contributed by atoms with E-state index < -0.39 is 0 Å². The van der Waals surface area contributed by atoms with Crippen molar-refractivity contribution >= 4 is 11.8 Å². The molecular formula is C16H23N7O3. The van der Waals surface area contributed by atoms with Crippen LogP contribution in [0.3, 0.4) is 0 Å². The van der Waals surface area contributed by atoms with Crippen LogP contribution in [-0.2, 0) is 11.3 Å². The summed E-state index contributed by atoms with van der Waals surface area (Å²) in [7, 11) is 0. The molecule has 26 heavy (non-hydrogen) atoms. The Morgan fingerprint density at radius 1 is 1.31 bits per heavy atom. The van der Waals surface area contributed by atoms with Crippen molar-refractivity contribution in [2.45, 2.75) is 52.4 Å². The molecule has 1 aliphatic heterocycles. The van der Waals surface area contributed by atoms with Gasteiger partial charge in [0.2, 0.25) is 5.89 Å². The number of morpholine rings is 1. The average molecular weight is 361 g/mol. The van der Waals surface area contributed by atoms with Gasteiger partial charge < -0.3 is 14.2 Å². The zero-order chi connectivity index (χ0) is 18.3. The van der Waals surface area contributed by atoms with Gasteiger partial charge in [-0.3, -0.25) is 5.32 Å². The van der Waals surface area contributed by atoms with Crippen molar-refractivity contribution in [3.63, 3.8) is 0 Å². The Bertz CT molecular complexity index is 798. The third-order valence-electron chi connectivity index (χ3n) is 4.79. The predicted molar refractivity (Wildman–Crippen MR) is 90.5 cm³/mol. The lowest BCUT2D eigenvalue weighted by molar-refractivity contribution is -0.0717. The maximum Gasteiger partial charge on any atom is 0.323 e. The molecule has 4 rings (SSSR count). The van der Waals surface area contributed by atoms with Crippen LogP contribution in [0.15, 0.2) is 4.52 Å². The molecule has 2 fully saturated rings. The van der Waals surface area contributed by atoms with Gasteiger partial charge in [-0.1, -0.05) is 10.4 Å². The van der Waals surface area contributed by atoms with E-state index in [2.05, 4.69) is 25.8 Å². The minimum Gasteiger partial charge on any atom is -0.371 e. The average Bonchev–Trinajstić information content (AvgIpc) is 3.31. The smallest absolute Gasteiger partial charge is 0.323 e. The molecule has 0 bridgehead atoms. The fourth-order valence-electron chi connectivity index (χ4n) is 3.23. The van der Waals surface area contributed by atoms with Gasteiger partial charge in [0, 0.05) is 20.0 Å². The monoisotopic (exact) mass is 361 g/mol. The summed E-state index contributed by atoms with van der Waals surface area (Å²) in [6, 6.07) is -0.170. The molecule has 2 aliphatic rings. The van der Waals surface area contributed by atoms with Crippen molar-refractivity contribution < 1.29 is 14.1 Å². The molecule has 2 aromatic rings. The van der Waals surface area contributed by atoms with Gasteiger partial charge in [-0.15, -0.1) is 5.10 Å². The Morgan fingerprint density at radius 2 is 2.12 bits per heavy atom. The van der Waals surface area contributed by atoms with Gasteiger partial charge in [0.15, 0.2) is 11.6 Å². The van der Waals surface area contributed by atoms with Gasteiger partial charge in [-0.25, -0.2) is 9.48 Å². The van der Waals surface area contributed by atoms with Crippen LogP contribution in [0.4, 0.5) is 10.6 Å². The number of aromatic nitrogens is 5. The lowest BCUT2D eigenvalue weighted by Gasteiger charge is -2.36. The van der Waals surface area contributed by atoms with E-state index in [1.54, 1.807) is 16.5 Å². The van der Waals surface area contributed by atoms with Crippen LogP contribution in [0.2, 0.25) is 0 Å². The molecule has 2 aromatic heterocycles. The topological polar surface area (TPSA) is 111 Å². The first kappa shape index (κ1) is 17.0. The number of amides is 2. The molecule has 1 saturated carbocycles. The second-order valence-corrected chi connectivity index (χ2v) is 7.07. The Labute approximate surface area is 150 Å². The van der Waals surface area contributed by atoms with Crippen molar-refractivity contribution in [3.8, 4) is 0 Å². The normalized spacial score (nSPS) is 23.3. The third kappa shape index (κ3) is 3.55. The number of hydrogen-bond donors (Lipinski definition) is 1.